The maximum atomic E-state index is 6.38. The van der Waals surface area contributed by atoms with Crippen molar-refractivity contribution in [3.05, 3.63) is 47.6 Å². The van der Waals surface area contributed by atoms with Crippen LogP contribution in [0.1, 0.15) is 12.7 Å². The molecule has 1 saturated heterocycles. The number of hydrogen-bond donors (Lipinski definition) is 1. The molecule has 9 heteroatoms. The summed E-state index contributed by atoms with van der Waals surface area (Å²) in [6, 6.07) is 7.61. The van der Waals surface area contributed by atoms with Crippen LogP contribution in [-0.4, -0.2) is 63.0 Å². The minimum Gasteiger partial charge on any atom is -0.338 e. The molecule has 0 saturated carbocycles. The van der Waals surface area contributed by atoms with E-state index >= 15 is 0 Å². The molecule has 0 bridgehead atoms. The van der Waals surface area contributed by atoms with Gasteiger partial charge in [-0.3, -0.25) is 0 Å². The summed E-state index contributed by atoms with van der Waals surface area (Å²) in [4.78, 5) is 26.9. The molecular weight excluding hydrogens is 388 g/mol. The first-order valence-corrected chi connectivity index (χ1v) is 10.0. The van der Waals surface area contributed by atoms with Crippen LogP contribution in [0.25, 0.3) is 11.1 Å². The topological polar surface area (TPSA) is 83.0 Å². The van der Waals surface area contributed by atoms with Crippen molar-refractivity contribution in [1.82, 2.24) is 29.8 Å². The van der Waals surface area contributed by atoms with Gasteiger partial charge in [0.1, 0.15) is 18.0 Å². The van der Waals surface area contributed by atoms with Gasteiger partial charge in [-0.1, -0.05) is 36.7 Å². The fraction of sp³-hybridized carbons (Fsp3) is 0.350. The number of nitrogens with one attached hydrogen (secondary N) is 1. The Hall–Kier alpha value is -2.84. The quantitative estimate of drug-likeness (QED) is 0.687. The third-order valence-corrected chi connectivity index (χ3v) is 5.21. The number of halogens is 1. The molecule has 3 aromatic rings. The summed E-state index contributed by atoms with van der Waals surface area (Å²) in [5, 5.41) is 3.88. The number of anilines is 3. The van der Waals surface area contributed by atoms with Gasteiger partial charge in [0, 0.05) is 54.9 Å². The highest BCUT2D eigenvalue weighted by Gasteiger charge is 2.19. The smallest absolute Gasteiger partial charge is 0.233 e. The van der Waals surface area contributed by atoms with Gasteiger partial charge in [-0.25, -0.2) is 9.97 Å². The zero-order valence-electron chi connectivity index (χ0n) is 16.5. The number of hydrogen-bond acceptors (Lipinski definition) is 8. The Morgan fingerprint density at radius 1 is 1.03 bits per heavy atom. The van der Waals surface area contributed by atoms with E-state index in [-0.39, 0.29) is 0 Å². The summed E-state index contributed by atoms with van der Waals surface area (Å²) >= 11 is 6.38. The van der Waals surface area contributed by atoms with Crippen molar-refractivity contribution < 1.29 is 0 Å². The maximum absolute atomic E-state index is 6.38. The van der Waals surface area contributed by atoms with Crippen LogP contribution in [0.5, 0.6) is 0 Å². The minimum absolute atomic E-state index is 0.470. The second-order valence-corrected chi connectivity index (χ2v) is 7.32. The standard InChI is InChI=1S/C20H23ClN8/c1-3-17-24-19(27-20(25-17)29-10-8-28(2)9-11-29)26-18-15(12-22-13-23-18)14-6-4-5-7-16(14)21/h4-7,12-13H,3,8-11H2,1-2H3,(H,22,23,24,25,26,27). The van der Waals surface area contributed by atoms with Gasteiger partial charge < -0.3 is 15.1 Å². The Kier molecular flexibility index (Phi) is 5.82. The first kappa shape index (κ1) is 19.5. The van der Waals surface area contributed by atoms with E-state index in [9.17, 15) is 0 Å². The second-order valence-electron chi connectivity index (χ2n) is 6.91. The summed E-state index contributed by atoms with van der Waals surface area (Å²) in [7, 11) is 2.13. The number of rotatable bonds is 5. The second kappa shape index (κ2) is 8.67. The Bertz CT molecular complexity index is 988. The molecule has 1 fully saturated rings. The fourth-order valence-corrected chi connectivity index (χ4v) is 3.42. The molecule has 150 valence electrons. The van der Waals surface area contributed by atoms with Crippen LogP contribution < -0.4 is 10.2 Å². The molecule has 1 aromatic carbocycles. The molecule has 1 aliphatic rings. The molecule has 2 aromatic heterocycles. The van der Waals surface area contributed by atoms with Crippen molar-refractivity contribution in [2.75, 3.05) is 43.4 Å². The molecule has 0 atom stereocenters. The normalized spacial score (nSPS) is 14.8. The van der Waals surface area contributed by atoms with Gasteiger partial charge in [0.15, 0.2) is 0 Å². The van der Waals surface area contributed by atoms with E-state index in [0.29, 0.717) is 22.7 Å². The first-order chi connectivity index (χ1) is 14.1. The number of piperazine rings is 1. The lowest BCUT2D eigenvalue weighted by Gasteiger charge is -2.32. The third-order valence-electron chi connectivity index (χ3n) is 4.88. The Morgan fingerprint density at radius 2 is 1.83 bits per heavy atom. The van der Waals surface area contributed by atoms with E-state index in [1.807, 2.05) is 31.2 Å². The van der Waals surface area contributed by atoms with E-state index in [4.69, 9.17) is 11.6 Å². The Morgan fingerprint density at radius 3 is 2.59 bits per heavy atom. The van der Waals surface area contributed by atoms with Gasteiger partial charge in [-0.05, 0) is 13.1 Å². The van der Waals surface area contributed by atoms with E-state index in [1.54, 1.807) is 6.20 Å². The highest BCUT2D eigenvalue weighted by Crippen LogP contribution is 2.32. The van der Waals surface area contributed by atoms with E-state index in [0.717, 1.165) is 49.6 Å². The zero-order valence-corrected chi connectivity index (χ0v) is 17.3. The van der Waals surface area contributed by atoms with Crippen LogP contribution in [0.2, 0.25) is 5.02 Å². The van der Waals surface area contributed by atoms with Crippen LogP contribution in [0.15, 0.2) is 36.8 Å². The summed E-state index contributed by atoms with van der Waals surface area (Å²) in [6.07, 6.45) is 3.95. The van der Waals surface area contributed by atoms with Crippen molar-refractivity contribution >= 4 is 29.3 Å². The zero-order chi connectivity index (χ0) is 20.2. The number of nitrogens with zero attached hydrogens (tertiary/aromatic N) is 7. The predicted molar refractivity (Wildman–Crippen MR) is 115 cm³/mol. The van der Waals surface area contributed by atoms with Gasteiger partial charge in [0.25, 0.3) is 0 Å². The number of likely N-dealkylation sites (N-methyl/N-ethyl adjacent to an activating group) is 1. The van der Waals surface area contributed by atoms with Crippen molar-refractivity contribution in [3.63, 3.8) is 0 Å². The van der Waals surface area contributed by atoms with Crippen molar-refractivity contribution in [2.45, 2.75) is 13.3 Å². The number of benzene rings is 1. The summed E-state index contributed by atoms with van der Waals surface area (Å²) in [5.74, 6) is 2.51. The minimum atomic E-state index is 0.470. The third kappa shape index (κ3) is 4.44. The van der Waals surface area contributed by atoms with Gasteiger partial charge >= 0.3 is 0 Å². The molecule has 0 radical (unpaired) electrons. The van der Waals surface area contributed by atoms with Crippen LogP contribution >= 0.6 is 11.6 Å². The summed E-state index contributed by atoms with van der Waals surface area (Å²) in [5.41, 5.74) is 1.64. The molecule has 0 spiro atoms. The van der Waals surface area contributed by atoms with E-state index in [2.05, 4.69) is 47.1 Å². The lowest BCUT2D eigenvalue weighted by molar-refractivity contribution is 0.311. The van der Waals surface area contributed by atoms with E-state index < -0.39 is 0 Å². The van der Waals surface area contributed by atoms with E-state index in [1.165, 1.54) is 6.33 Å². The fourth-order valence-electron chi connectivity index (χ4n) is 3.18. The van der Waals surface area contributed by atoms with Crippen molar-refractivity contribution in [2.24, 2.45) is 0 Å². The average Bonchev–Trinajstić information content (AvgIpc) is 2.75. The lowest BCUT2D eigenvalue weighted by atomic mass is 10.1. The van der Waals surface area contributed by atoms with Gasteiger partial charge in [-0.2, -0.15) is 15.0 Å². The summed E-state index contributed by atoms with van der Waals surface area (Å²) < 4.78 is 0. The molecule has 0 aliphatic carbocycles. The molecule has 4 rings (SSSR count). The van der Waals surface area contributed by atoms with Crippen LogP contribution in [-0.2, 0) is 6.42 Å². The van der Waals surface area contributed by atoms with Crippen LogP contribution in [0, 0.1) is 0 Å². The molecule has 8 nitrogen and oxygen atoms in total. The van der Waals surface area contributed by atoms with Gasteiger partial charge in [0.05, 0.1) is 0 Å². The summed E-state index contributed by atoms with van der Waals surface area (Å²) in [6.45, 7) is 5.78. The highest BCUT2D eigenvalue weighted by atomic mass is 35.5. The van der Waals surface area contributed by atoms with Crippen molar-refractivity contribution in [3.8, 4) is 11.1 Å². The number of aromatic nitrogens is 5. The molecule has 0 amide bonds. The van der Waals surface area contributed by atoms with Crippen LogP contribution in [0.3, 0.4) is 0 Å². The molecule has 1 aliphatic heterocycles. The van der Waals surface area contributed by atoms with Gasteiger partial charge in [-0.15, -0.1) is 0 Å². The van der Waals surface area contributed by atoms with Gasteiger partial charge in [0.2, 0.25) is 11.9 Å². The van der Waals surface area contributed by atoms with Crippen LogP contribution in [0.4, 0.5) is 17.7 Å². The largest absolute Gasteiger partial charge is 0.338 e. The number of aryl methyl sites for hydroxylation is 1. The maximum Gasteiger partial charge on any atom is 0.233 e. The monoisotopic (exact) mass is 410 g/mol. The average molecular weight is 411 g/mol. The molecule has 0 unspecified atom stereocenters. The molecule has 3 heterocycles. The first-order valence-electron chi connectivity index (χ1n) is 9.64. The lowest BCUT2D eigenvalue weighted by Crippen LogP contribution is -2.45. The highest BCUT2D eigenvalue weighted by molar-refractivity contribution is 6.33. The molecular formula is C20H23ClN8. The predicted octanol–water partition coefficient (Wildman–Crippen LogP) is 3.04. The Balaban J connectivity index is 1.67. The Labute approximate surface area is 175 Å². The SMILES string of the molecule is CCc1nc(Nc2ncncc2-c2ccccc2Cl)nc(N2CCN(C)CC2)n1. The molecule has 29 heavy (non-hydrogen) atoms. The van der Waals surface area contributed by atoms with Crippen molar-refractivity contribution in [1.29, 1.82) is 0 Å². The molecule has 1 N–H and O–H groups in total.